The van der Waals surface area contributed by atoms with Crippen molar-refractivity contribution in [2.45, 2.75) is 45.3 Å². The highest BCUT2D eigenvalue weighted by molar-refractivity contribution is 6.25. The molecular formula is C13H21N3O5. The largest absolute Gasteiger partial charge is 0.480 e. The van der Waals surface area contributed by atoms with Gasteiger partial charge >= 0.3 is 12.2 Å². The number of amides is 1. The van der Waals surface area contributed by atoms with Crippen molar-refractivity contribution >= 4 is 23.9 Å². The highest BCUT2D eigenvalue weighted by Crippen LogP contribution is 2.11. The fraction of sp³-hybridized carbons (Fsp3) is 0.692. The third kappa shape index (κ3) is 6.78. The summed E-state index contributed by atoms with van der Waals surface area (Å²) in [7, 11) is 1.38. The number of aliphatic carboxylic acids is 1. The summed E-state index contributed by atoms with van der Waals surface area (Å²) in [5.74, 6) is -2.35. The fourth-order valence-electron chi connectivity index (χ4n) is 1.74. The molecule has 0 saturated carbocycles. The quantitative estimate of drug-likeness (QED) is 0.340. The number of hydrogen-bond acceptors (Lipinski definition) is 4. The summed E-state index contributed by atoms with van der Waals surface area (Å²) in [5, 5.41) is 11.4. The average Bonchev–Trinajstić information content (AvgIpc) is 2.43. The van der Waals surface area contributed by atoms with E-state index in [-0.39, 0.29) is 18.8 Å². The number of carbonyl (C=O) groups is 3. The summed E-state index contributed by atoms with van der Waals surface area (Å²) in [6.07, 6.45) is 0.407. The van der Waals surface area contributed by atoms with Gasteiger partial charge in [-0.2, -0.15) is 4.79 Å². The van der Waals surface area contributed by atoms with Crippen LogP contribution in [0.3, 0.4) is 0 Å². The molecule has 0 aliphatic carbocycles. The van der Waals surface area contributed by atoms with Crippen molar-refractivity contribution in [3.8, 4) is 0 Å². The first-order valence-corrected chi connectivity index (χ1v) is 6.63. The zero-order valence-electron chi connectivity index (χ0n) is 12.4. The molecule has 8 heteroatoms. The molecule has 0 aromatic carbocycles. The molecule has 3 atom stereocenters. The monoisotopic (exact) mass is 299 g/mol. The maximum atomic E-state index is 12.0. The van der Waals surface area contributed by atoms with Crippen LogP contribution in [-0.4, -0.2) is 53.0 Å². The molecule has 0 bridgehead atoms. The van der Waals surface area contributed by atoms with Crippen molar-refractivity contribution in [2.75, 3.05) is 7.11 Å². The van der Waals surface area contributed by atoms with Crippen molar-refractivity contribution in [3.63, 3.8) is 0 Å². The third-order valence-electron chi connectivity index (χ3n) is 3.17. The number of Topliss-reactive ketones (excluding diaryl/α,β-unsaturated/α-hetero) is 1. The van der Waals surface area contributed by atoms with Crippen molar-refractivity contribution in [1.82, 2.24) is 5.32 Å². The molecule has 1 unspecified atom stereocenters. The summed E-state index contributed by atoms with van der Waals surface area (Å²) in [4.78, 5) is 36.8. The topological polar surface area (TPSA) is 129 Å². The van der Waals surface area contributed by atoms with Crippen LogP contribution in [0.15, 0.2) is 0 Å². The molecular weight excluding hydrogens is 278 g/mol. The van der Waals surface area contributed by atoms with Gasteiger partial charge in [-0.05, 0) is 12.3 Å². The van der Waals surface area contributed by atoms with Crippen molar-refractivity contribution in [2.24, 2.45) is 5.92 Å². The van der Waals surface area contributed by atoms with Gasteiger partial charge in [-0.3, -0.25) is 9.59 Å². The van der Waals surface area contributed by atoms with E-state index < -0.39 is 29.8 Å². The summed E-state index contributed by atoms with van der Waals surface area (Å²) in [5.41, 5.74) is 8.20. The Hall–Kier alpha value is -2.05. The standard InChI is InChI=1S/C13H21N3O5/c1-4-8(2)11(21-3)12(18)16-10(13(19)20)6-5-9(17)7-15-14/h7-8,10-11H,4-6H2,1-3H3,(H,16,18)(H,19,20)/t8-,10?,11+/m1/s1. The van der Waals surface area contributed by atoms with E-state index in [0.717, 1.165) is 0 Å². The van der Waals surface area contributed by atoms with E-state index in [1.165, 1.54) is 7.11 Å². The number of rotatable bonds is 10. The van der Waals surface area contributed by atoms with Gasteiger partial charge in [-0.25, -0.2) is 4.79 Å². The first kappa shape index (κ1) is 18.9. The second-order valence-corrected chi connectivity index (χ2v) is 4.69. The van der Waals surface area contributed by atoms with Crippen LogP contribution >= 0.6 is 0 Å². The number of methoxy groups -OCH3 is 1. The summed E-state index contributed by atoms with van der Waals surface area (Å²) >= 11 is 0. The Bertz CT molecular complexity index is 432. The molecule has 0 aromatic heterocycles. The number of ether oxygens (including phenoxy) is 1. The lowest BCUT2D eigenvalue weighted by molar-refractivity contribution is -0.145. The van der Waals surface area contributed by atoms with E-state index >= 15 is 0 Å². The molecule has 0 spiro atoms. The summed E-state index contributed by atoms with van der Waals surface area (Å²) < 4.78 is 5.08. The molecule has 0 aliphatic rings. The highest BCUT2D eigenvalue weighted by atomic mass is 16.5. The summed E-state index contributed by atoms with van der Waals surface area (Å²) in [6, 6.07) is -1.20. The normalized spacial score (nSPS) is 14.4. The Morgan fingerprint density at radius 1 is 1.43 bits per heavy atom. The van der Waals surface area contributed by atoms with E-state index in [4.69, 9.17) is 15.4 Å². The number of nitrogens with one attached hydrogen (secondary N) is 1. The molecule has 118 valence electrons. The molecule has 0 saturated heterocycles. The van der Waals surface area contributed by atoms with Crippen LogP contribution in [0.4, 0.5) is 0 Å². The molecule has 21 heavy (non-hydrogen) atoms. The molecule has 1 amide bonds. The molecule has 0 heterocycles. The smallest absolute Gasteiger partial charge is 0.326 e. The van der Waals surface area contributed by atoms with Crippen molar-refractivity contribution in [1.29, 1.82) is 0 Å². The van der Waals surface area contributed by atoms with Crippen LogP contribution in [0, 0.1) is 5.92 Å². The third-order valence-corrected chi connectivity index (χ3v) is 3.17. The molecule has 0 rings (SSSR count). The van der Waals surface area contributed by atoms with Gasteiger partial charge in [0.1, 0.15) is 12.1 Å². The van der Waals surface area contributed by atoms with E-state index in [9.17, 15) is 14.4 Å². The molecule has 0 fully saturated rings. The summed E-state index contributed by atoms with van der Waals surface area (Å²) in [6.45, 7) is 3.72. The molecule has 0 aliphatic heterocycles. The van der Waals surface area contributed by atoms with Gasteiger partial charge in [0, 0.05) is 13.5 Å². The van der Waals surface area contributed by atoms with Gasteiger partial charge < -0.3 is 20.7 Å². The SMILES string of the molecule is CC[C@@H](C)[C@H](OC)C(=O)NC(CCC(=O)C=[N+]=[N-])C(=O)O. The first-order valence-electron chi connectivity index (χ1n) is 6.63. The van der Waals surface area contributed by atoms with Crippen LogP contribution in [-0.2, 0) is 19.1 Å². The predicted molar refractivity (Wildman–Crippen MR) is 73.7 cm³/mol. The van der Waals surface area contributed by atoms with Gasteiger partial charge in [0.05, 0.1) is 0 Å². The first-order chi connectivity index (χ1) is 9.87. The number of carboxylic acid groups (broad SMARTS) is 1. The molecule has 0 aromatic rings. The van der Waals surface area contributed by atoms with E-state index in [1.807, 2.05) is 13.8 Å². The minimum absolute atomic E-state index is 0.0624. The maximum Gasteiger partial charge on any atom is 0.326 e. The second kappa shape index (κ2) is 9.79. The molecule has 8 nitrogen and oxygen atoms in total. The molecule has 2 N–H and O–H groups in total. The number of carboxylic acids is 1. The van der Waals surface area contributed by atoms with Crippen LogP contribution in [0.25, 0.3) is 5.53 Å². The van der Waals surface area contributed by atoms with Crippen molar-refractivity contribution in [3.05, 3.63) is 5.53 Å². The average molecular weight is 299 g/mol. The number of hydrogen-bond donors (Lipinski definition) is 2. The van der Waals surface area contributed by atoms with Crippen LogP contribution < -0.4 is 5.32 Å². The lowest BCUT2D eigenvalue weighted by Gasteiger charge is -2.23. The van der Waals surface area contributed by atoms with Crippen LogP contribution in [0.2, 0.25) is 0 Å². The highest BCUT2D eigenvalue weighted by Gasteiger charge is 2.28. The second-order valence-electron chi connectivity index (χ2n) is 4.69. The Morgan fingerprint density at radius 2 is 2.05 bits per heavy atom. The van der Waals surface area contributed by atoms with Gasteiger partial charge in [-0.1, -0.05) is 20.3 Å². The van der Waals surface area contributed by atoms with E-state index in [0.29, 0.717) is 12.6 Å². The zero-order chi connectivity index (χ0) is 16.4. The Kier molecular flexibility index (Phi) is 8.84. The van der Waals surface area contributed by atoms with Crippen LogP contribution in [0.5, 0.6) is 0 Å². The van der Waals surface area contributed by atoms with Gasteiger partial charge in [0.25, 0.3) is 0 Å². The fourth-order valence-corrected chi connectivity index (χ4v) is 1.74. The minimum atomic E-state index is -1.24. The predicted octanol–water partition coefficient (Wildman–Crippen LogP) is 0.267. The molecule has 0 radical (unpaired) electrons. The Balaban J connectivity index is 4.69. The Labute approximate surface area is 123 Å². The van der Waals surface area contributed by atoms with Gasteiger partial charge in [0.15, 0.2) is 0 Å². The lowest BCUT2D eigenvalue weighted by atomic mass is 10.0. The minimum Gasteiger partial charge on any atom is -0.480 e. The van der Waals surface area contributed by atoms with Crippen molar-refractivity contribution < 1.29 is 29.0 Å². The van der Waals surface area contributed by atoms with E-state index in [1.54, 1.807) is 0 Å². The number of nitrogens with zero attached hydrogens (tertiary/aromatic N) is 2. The van der Waals surface area contributed by atoms with Gasteiger partial charge in [-0.15, -0.1) is 0 Å². The zero-order valence-corrected chi connectivity index (χ0v) is 12.4. The lowest BCUT2D eigenvalue weighted by Crippen LogP contribution is -2.48. The Morgan fingerprint density at radius 3 is 2.48 bits per heavy atom. The number of carbonyl (C=O) groups excluding carboxylic acids is 2. The maximum absolute atomic E-state index is 12.0. The number of ketones is 1. The van der Waals surface area contributed by atoms with Gasteiger partial charge in [0.2, 0.25) is 11.7 Å². The van der Waals surface area contributed by atoms with Crippen LogP contribution in [0.1, 0.15) is 33.1 Å². The van der Waals surface area contributed by atoms with E-state index in [2.05, 4.69) is 10.1 Å².